The third-order valence-corrected chi connectivity index (χ3v) is 3.97. The van der Waals surface area contributed by atoms with Crippen LogP contribution in [0.4, 0.5) is 0 Å². The van der Waals surface area contributed by atoms with E-state index < -0.39 is 6.10 Å². The van der Waals surface area contributed by atoms with Crippen LogP contribution in [-0.4, -0.2) is 50.6 Å². The zero-order valence-electron chi connectivity index (χ0n) is 12.6. The van der Waals surface area contributed by atoms with Gasteiger partial charge in [-0.05, 0) is 31.2 Å². The highest BCUT2D eigenvalue weighted by Crippen LogP contribution is 2.22. The van der Waals surface area contributed by atoms with E-state index in [0.717, 1.165) is 0 Å². The number of likely N-dealkylation sites (tertiary alicyclic amines) is 1. The fourth-order valence-electron chi connectivity index (χ4n) is 2.25. The lowest BCUT2D eigenvalue weighted by Crippen LogP contribution is -2.52. The van der Waals surface area contributed by atoms with Crippen LogP contribution in [0.1, 0.15) is 24.8 Å². The molecular weight excluding hydrogens is 320 g/mol. The summed E-state index contributed by atoms with van der Waals surface area (Å²) in [6, 6.07) is 6.97. The minimum Gasteiger partial charge on any atom is -0.484 e. The van der Waals surface area contributed by atoms with Gasteiger partial charge in [-0.25, -0.2) is 4.68 Å². The molecule has 1 fully saturated rings. The number of nitrogens with zero attached hydrogens (tertiary/aromatic N) is 4. The smallest absolute Gasteiger partial charge is 0.260 e. The second-order valence-corrected chi connectivity index (χ2v) is 5.93. The van der Waals surface area contributed by atoms with Crippen LogP contribution in [0, 0.1) is 0 Å². The summed E-state index contributed by atoms with van der Waals surface area (Å²) in [6.45, 7) is 2.75. The summed E-state index contributed by atoms with van der Waals surface area (Å²) in [5, 5.41) is 17.9. The maximum absolute atomic E-state index is 12.0. The Morgan fingerprint density at radius 3 is 2.74 bits per heavy atom. The van der Waals surface area contributed by atoms with Gasteiger partial charge in [-0.15, -0.1) is 5.10 Å². The highest BCUT2D eigenvalue weighted by molar-refractivity contribution is 6.30. The Kier molecular flexibility index (Phi) is 4.49. The number of carbonyl (C=O) groups is 1. The fourth-order valence-corrected chi connectivity index (χ4v) is 2.38. The van der Waals surface area contributed by atoms with E-state index in [1.807, 2.05) is 0 Å². The summed E-state index contributed by atoms with van der Waals surface area (Å²) < 4.78 is 7.12. The normalized spacial score (nSPS) is 16.0. The van der Waals surface area contributed by atoms with Gasteiger partial charge in [-0.1, -0.05) is 16.8 Å². The second-order valence-electron chi connectivity index (χ2n) is 5.49. The lowest BCUT2D eigenvalue weighted by Gasteiger charge is -2.38. The molecule has 1 amide bonds. The zero-order chi connectivity index (χ0) is 16.4. The van der Waals surface area contributed by atoms with Crippen LogP contribution in [0.25, 0.3) is 0 Å². The lowest BCUT2D eigenvalue weighted by molar-refractivity contribution is -0.139. The van der Waals surface area contributed by atoms with Gasteiger partial charge in [0, 0.05) is 18.1 Å². The lowest BCUT2D eigenvalue weighted by atomic mass is 10.1. The van der Waals surface area contributed by atoms with E-state index in [0.29, 0.717) is 29.6 Å². The number of benzene rings is 1. The van der Waals surface area contributed by atoms with Crippen molar-refractivity contribution >= 4 is 17.5 Å². The van der Waals surface area contributed by atoms with Crippen LogP contribution in [0.2, 0.25) is 5.02 Å². The topological polar surface area (TPSA) is 80.5 Å². The molecule has 0 spiro atoms. The van der Waals surface area contributed by atoms with Gasteiger partial charge in [0.25, 0.3) is 5.91 Å². The molecule has 0 bridgehead atoms. The highest BCUT2D eigenvalue weighted by atomic mass is 35.5. The Morgan fingerprint density at radius 2 is 2.13 bits per heavy atom. The molecule has 23 heavy (non-hydrogen) atoms. The van der Waals surface area contributed by atoms with E-state index in [-0.39, 0.29) is 18.6 Å². The molecule has 1 aliphatic heterocycles. The molecule has 2 aromatic rings. The monoisotopic (exact) mass is 336 g/mol. The first kappa shape index (κ1) is 15.8. The minimum absolute atomic E-state index is 0.00929. The van der Waals surface area contributed by atoms with Gasteiger partial charge in [0.05, 0.1) is 18.3 Å². The fraction of sp³-hybridized carbons (Fsp3) is 0.400. The predicted molar refractivity (Wildman–Crippen MR) is 83.2 cm³/mol. The van der Waals surface area contributed by atoms with Gasteiger partial charge in [0.1, 0.15) is 11.4 Å². The molecule has 1 atom stereocenters. The van der Waals surface area contributed by atoms with E-state index in [2.05, 4.69) is 10.3 Å². The number of aliphatic hydroxyl groups excluding tert-OH is 1. The molecule has 1 aromatic carbocycles. The van der Waals surface area contributed by atoms with Crippen molar-refractivity contribution in [2.75, 3.05) is 19.7 Å². The molecule has 8 heteroatoms. The molecule has 0 aliphatic carbocycles. The van der Waals surface area contributed by atoms with Crippen LogP contribution < -0.4 is 4.74 Å². The first-order chi connectivity index (χ1) is 11.0. The Hall–Kier alpha value is -2.12. The second kappa shape index (κ2) is 6.55. The van der Waals surface area contributed by atoms with Crippen LogP contribution in [0.5, 0.6) is 5.75 Å². The van der Waals surface area contributed by atoms with Gasteiger partial charge in [0.2, 0.25) is 0 Å². The largest absolute Gasteiger partial charge is 0.484 e. The maximum Gasteiger partial charge on any atom is 0.260 e. The van der Waals surface area contributed by atoms with Crippen molar-refractivity contribution in [2.24, 2.45) is 0 Å². The molecular formula is C15H17ClN4O3. The number of rotatable bonds is 5. The van der Waals surface area contributed by atoms with Crippen LogP contribution >= 0.6 is 11.6 Å². The Bertz CT molecular complexity index is 680. The minimum atomic E-state index is -0.644. The van der Waals surface area contributed by atoms with Gasteiger partial charge in [-0.3, -0.25) is 4.79 Å². The van der Waals surface area contributed by atoms with E-state index in [1.54, 1.807) is 47.0 Å². The van der Waals surface area contributed by atoms with Gasteiger partial charge >= 0.3 is 0 Å². The molecule has 1 aromatic heterocycles. The molecule has 1 saturated heterocycles. The van der Waals surface area contributed by atoms with Crippen molar-refractivity contribution in [1.29, 1.82) is 0 Å². The number of amides is 1. The van der Waals surface area contributed by atoms with Gasteiger partial charge in [-0.2, -0.15) is 0 Å². The molecule has 0 radical (unpaired) electrons. The van der Waals surface area contributed by atoms with E-state index in [9.17, 15) is 9.90 Å². The van der Waals surface area contributed by atoms with Gasteiger partial charge < -0.3 is 14.7 Å². The Morgan fingerprint density at radius 1 is 1.43 bits per heavy atom. The predicted octanol–water partition coefficient (Wildman–Crippen LogP) is 1.45. The number of halogens is 1. The molecule has 7 nitrogen and oxygen atoms in total. The Balaban J connectivity index is 1.46. The summed E-state index contributed by atoms with van der Waals surface area (Å²) in [5.41, 5.74) is 0.529. The average molecular weight is 337 g/mol. The summed E-state index contributed by atoms with van der Waals surface area (Å²) in [6.07, 6.45) is 1.07. The average Bonchev–Trinajstić information content (AvgIpc) is 2.95. The molecule has 0 saturated carbocycles. The SMILES string of the molecule is C[C@H](O)c1cn(C2CN(C(=O)COc3ccc(Cl)cc3)C2)nn1. The molecule has 122 valence electrons. The Labute approximate surface area is 138 Å². The standard InChI is InChI=1S/C15H17ClN4O3/c1-10(21)14-8-20(18-17-14)12-6-19(7-12)15(22)9-23-13-4-2-11(16)3-5-13/h2-5,8,10,12,21H,6-7,9H2,1H3/t10-/m0/s1. The summed E-state index contributed by atoms with van der Waals surface area (Å²) >= 11 is 5.79. The quantitative estimate of drug-likeness (QED) is 0.893. The van der Waals surface area contributed by atoms with E-state index >= 15 is 0 Å². The molecule has 2 heterocycles. The summed E-state index contributed by atoms with van der Waals surface area (Å²) in [7, 11) is 0. The first-order valence-corrected chi connectivity index (χ1v) is 7.66. The third kappa shape index (κ3) is 3.62. The summed E-state index contributed by atoms with van der Waals surface area (Å²) in [5.74, 6) is 0.532. The van der Waals surface area contributed by atoms with Crippen molar-refractivity contribution in [3.8, 4) is 5.75 Å². The van der Waals surface area contributed by atoms with Crippen LogP contribution in [-0.2, 0) is 4.79 Å². The van der Waals surface area contributed by atoms with E-state index in [1.165, 1.54) is 0 Å². The number of aliphatic hydroxyl groups is 1. The molecule has 1 N–H and O–H groups in total. The van der Waals surface area contributed by atoms with Gasteiger partial charge in [0.15, 0.2) is 6.61 Å². The molecule has 1 aliphatic rings. The number of hydrogen-bond acceptors (Lipinski definition) is 5. The van der Waals surface area contributed by atoms with Crippen molar-refractivity contribution in [3.63, 3.8) is 0 Å². The van der Waals surface area contributed by atoms with Crippen LogP contribution in [0.3, 0.4) is 0 Å². The summed E-state index contributed by atoms with van der Waals surface area (Å²) in [4.78, 5) is 13.7. The third-order valence-electron chi connectivity index (χ3n) is 3.72. The number of hydrogen-bond donors (Lipinski definition) is 1. The van der Waals surface area contributed by atoms with Crippen molar-refractivity contribution in [1.82, 2.24) is 19.9 Å². The van der Waals surface area contributed by atoms with Crippen LogP contribution in [0.15, 0.2) is 30.5 Å². The molecule has 3 rings (SSSR count). The number of ether oxygens (including phenoxy) is 1. The maximum atomic E-state index is 12.0. The van der Waals surface area contributed by atoms with E-state index in [4.69, 9.17) is 16.3 Å². The zero-order valence-corrected chi connectivity index (χ0v) is 13.3. The number of carbonyl (C=O) groups excluding carboxylic acids is 1. The first-order valence-electron chi connectivity index (χ1n) is 7.29. The van der Waals surface area contributed by atoms with Crippen molar-refractivity contribution < 1.29 is 14.6 Å². The van der Waals surface area contributed by atoms with Crippen molar-refractivity contribution in [2.45, 2.75) is 19.1 Å². The highest BCUT2D eigenvalue weighted by Gasteiger charge is 2.33. The molecule has 0 unspecified atom stereocenters. The number of aromatic nitrogens is 3. The van der Waals surface area contributed by atoms with Crippen molar-refractivity contribution in [3.05, 3.63) is 41.2 Å².